The van der Waals surface area contributed by atoms with E-state index in [2.05, 4.69) is 70.4 Å². The Bertz CT molecular complexity index is 1340. The van der Waals surface area contributed by atoms with Crippen molar-refractivity contribution in [3.05, 3.63) is 112 Å². The molecule has 2 aromatic heterocycles. The van der Waals surface area contributed by atoms with Crippen molar-refractivity contribution in [1.29, 1.82) is 0 Å². The number of carbonyl (C=O) groups excluding carboxylic acids is 1. The number of rotatable bonds is 8. The van der Waals surface area contributed by atoms with Gasteiger partial charge in [-0.05, 0) is 67.5 Å². The number of nitrogens with two attached hydrogens (primary N) is 1. The average molecular weight is 468 g/mol. The molecule has 5 rings (SSSR count). The molecule has 0 saturated heterocycles. The van der Waals surface area contributed by atoms with Crippen molar-refractivity contribution in [3.63, 3.8) is 0 Å². The molecule has 0 atom stereocenters. The Kier molecular flexibility index (Phi) is 6.07. The third-order valence-electron chi connectivity index (χ3n) is 7.06. The van der Waals surface area contributed by atoms with E-state index in [9.17, 15) is 4.79 Å². The van der Waals surface area contributed by atoms with Crippen molar-refractivity contribution in [2.45, 2.75) is 58.8 Å². The summed E-state index contributed by atoms with van der Waals surface area (Å²) in [6.45, 7) is 8.10. The van der Waals surface area contributed by atoms with Crippen LogP contribution in [0.4, 0.5) is 0 Å². The summed E-state index contributed by atoms with van der Waals surface area (Å²) in [5.41, 5.74) is 14.8. The number of hydrogen-bond acceptors (Lipinski definition) is 3. The Labute approximate surface area is 206 Å². The predicted octanol–water partition coefficient (Wildman–Crippen LogP) is 4.58. The maximum absolute atomic E-state index is 13.0. The van der Waals surface area contributed by atoms with Crippen LogP contribution in [-0.4, -0.2) is 20.3 Å². The molecular weight excluding hydrogens is 434 g/mol. The molecule has 0 spiro atoms. The lowest BCUT2D eigenvalue weighted by Gasteiger charge is -2.12. The predicted molar refractivity (Wildman–Crippen MR) is 138 cm³/mol. The minimum atomic E-state index is -0.126. The summed E-state index contributed by atoms with van der Waals surface area (Å²) in [7, 11) is 0. The topological polar surface area (TPSA) is 77.9 Å². The third-order valence-corrected chi connectivity index (χ3v) is 7.06. The van der Waals surface area contributed by atoms with E-state index in [0.29, 0.717) is 6.54 Å². The van der Waals surface area contributed by atoms with Crippen molar-refractivity contribution >= 4 is 5.91 Å². The molecular formula is C29H33N5O. The monoisotopic (exact) mass is 467 g/mol. The SMILES string of the molecule is Cc1cnn(Cc2ccc(Cn3c(C)cc(C(=O)NCc4ccc(C5(N)CC5)cc4)c3C)cc2)c1. The Morgan fingerprint density at radius 1 is 0.971 bits per heavy atom. The fraction of sp³-hybridized carbons (Fsp3) is 0.310. The number of hydrogen-bond donors (Lipinski definition) is 2. The van der Waals surface area contributed by atoms with E-state index in [1.54, 1.807) is 0 Å². The summed E-state index contributed by atoms with van der Waals surface area (Å²) >= 11 is 0. The molecule has 1 saturated carbocycles. The highest BCUT2D eigenvalue weighted by atomic mass is 16.1. The van der Waals surface area contributed by atoms with Crippen LogP contribution in [0.25, 0.3) is 0 Å². The summed E-state index contributed by atoms with van der Waals surface area (Å²) in [4.78, 5) is 13.0. The van der Waals surface area contributed by atoms with Crippen LogP contribution in [0.2, 0.25) is 0 Å². The lowest BCUT2D eigenvalue weighted by molar-refractivity contribution is 0.0950. The first kappa shape index (κ1) is 23.1. The zero-order valence-corrected chi connectivity index (χ0v) is 20.7. The maximum atomic E-state index is 13.0. The number of aryl methyl sites for hydroxylation is 2. The summed E-state index contributed by atoms with van der Waals surface area (Å²) in [5, 5.41) is 7.44. The van der Waals surface area contributed by atoms with E-state index in [4.69, 9.17) is 5.73 Å². The standard InChI is InChI=1S/C29H33N5O/c1-20-15-32-33(17-20)18-24-4-6-25(7-5-24)19-34-21(2)14-27(22(34)3)28(35)31-16-23-8-10-26(11-9-23)29(30)12-13-29/h4-11,14-15,17H,12-13,16,18-19,30H2,1-3H3,(H,31,35). The summed E-state index contributed by atoms with van der Waals surface area (Å²) in [6, 6.07) is 18.9. The van der Waals surface area contributed by atoms with Gasteiger partial charge in [-0.2, -0.15) is 5.10 Å². The van der Waals surface area contributed by atoms with Crippen LogP contribution < -0.4 is 11.1 Å². The van der Waals surface area contributed by atoms with Crippen LogP contribution in [0.5, 0.6) is 0 Å². The normalized spacial score (nSPS) is 14.2. The van der Waals surface area contributed by atoms with Crippen LogP contribution in [0.3, 0.4) is 0 Å². The van der Waals surface area contributed by atoms with E-state index >= 15 is 0 Å². The number of benzene rings is 2. The van der Waals surface area contributed by atoms with Crippen molar-refractivity contribution < 1.29 is 4.79 Å². The summed E-state index contributed by atoms with van der Waals surface area (Å²) in [5.74, 6) is -0.0456. The highest BCUT2D eigenvalue weighted by Crippen LogP contribution is 2.42. The van der Waals surface area contributed by atoms with Gasteiger partial charge in [-0.25, -0.2) is 0 Å². The molecule has 0 aliphatic heterocycles. The Hall–Kier alpha value is -3.64. The number of amides is 1. The molecule has 2 aromatic carbocycles. The average Bonchev–Trinajstić information content (AvgIpc) is 3.38. The molecule has 2 heterocycles. The Morgan fingerprint density at radius 2 is 1.60 bits per heavy atom. The van der Waals surface area contributed by atoms with Gasteiger partial charge in [0.05, 0.1) is 18.3 Å². The zero-order chi connectivity index (χ0) is 24.6. The number of aromatic nitrogens is 3. The van der Waals surface area contributed by atoms with Crippen molar-refractivity contribution in [3.8, 4) is 0 Å². The van der Waals surface area contributed by atoms with Crippen LogP contribution in [0, 0.1) is 20.8 Å². The first-order valence-corrected chi connectivity index (χ1v) is 12.2. The smallest absolute Gasteiger partial charge is 0.253 e. The Morgan fingerprint density at radius 3 is 2.20 bits per heavy atom. The molecule has 6 heteroatoms. The van der Waals surface area contributed by atoms with Crippen molar-refractivity contribution in [1.82, 2.24) is 19.7 Å². The summed E-state index contributed by atoms with van der Waals surface area (Å²) in [6.07, 6.45) is 6.02. The Balaban J connectivity index is 1.21. The molecule has 1 aliphatic carbocycles. The van der Waals surface area contributed by atoms with Gasteiger partial charge in [0, 0.05) is 36.2 Å². The van der Waals surface area contributed by atoms with Gasteiger partial charge in [-0.3, -0.25) is 9.48 Å². The lowest BCUT2D eigenvalue weighted by Crippen LogP contribution is -2.23. The van der Waals surface area contributed by atoms with Crippen molar-refractivity contribution in [2.75, 3.05) is 0 Å². The van der Waals surface area contributed by atoms with Crippen LogP contribution in [0.15, 0.2) is 67.0 Å². The van der Waals surface area contributed by atoms with Gasteiger partial charge in [0.25, 0.3) is 5.91 Å². The molecule has 35 heavy (non-hydrogen) atoms. The minimum Gasteiger partial charge on any atom is -0.348 e. The first-order chi connectivity index (χ1) is 16.8. The fourth-order valence-corrected chi connectivity index (χ4v) is 4.60. The summed E-state index contributed by atoms with van der Waals surface area (Å²) < 4.78 is 4.15. The second kappa shape index (κ2) is 9.19. The second-order valence-electron chi connectivity index (χ2n) is 9.94. The molecule has 4 aromatic rings. The second-order valence-corrected chi connectivity index (χ2v) is 9.94. The largest absolute Gasteiger partial charge is 0.348 e. The third kappa shape index (κ3) is 5.08. The molecule has 1 fully saturated rings. The molecule has 3 N–H and O–H groups in total. The van der Waals surface area contributed by atoms with E-state index < -0.39 is 0 Å². The maximum Gasteiger partial charge on any atom is 0.253 e. The highest BCUT2D eigenvalue weighted by molar-refractivity contribution is 5.95. The van der Waals surface area contributed by atoms with E-state index in [-0.39, 0.29) is 11.4 Å². The van der Waals surface area contributed by atoms with Crippen LogP contribution >= 0.6 is 0 Å². The zero-order valence-electron chi connectivity index (χ0n) is 20.7. The van der Waals surface area contributed by atoms with Gasteiger partial charge in [-0.1, -0.05) is 48.5 Å². The van der Waals surface area contributed by atoms with E-state index in [0.717, 1.165) is 54.0 Å². The van der Waals surface area contributed by atoms with Gasteiger partial charge in [0.15, 0.2) is 0 Å². The van der Waals surface area contributed by atoms with Crippen molar-refractivity contribution in [2.24, 2.45) is 5.73 Å². The molecule has 0 unspecified atom stereocenters. The van der Waals surface area contributed by atoms with E-state index in [1.807, 2.05) is 37.0 Å². The minimum absolute atomic E-state index is 0.0456. The van der Waals surface area contributed by atoms with E-state index in [1.165, 1.54) is 16.7 Å². The number of nitrogens with one attached hydrogen (secondary N) is 1. The molecule has 1 aliphatic rings. The lowest BCUT2D eigenvalue weighted by atomic mass is 10.0. The van der Waals surface area contributed by atoms with Crippen LogP contribution in [0.1, 0.15) is 62.4 Å². The van der Waals surface area contributed by atoms with Gasteiger partial charge < -0.3 is 15.6 Å². The molecule has 6 nitrogen and oxygen atoms in total. The van der Waals surface area contributed by atoms with Gasteiger partial charge in [0.1, 0.15) is 0 Å². The quantitative estimate of drug-likeness (QED) is 0.398. The molecule has 0 bridgehead atoms. The molecule has 0 radical (unpaired) electrons. The van der Waals surface area contributed by atoms with Gasteiger partial charge >= 0.3 is 0 Å². The highest BCUT2D eigenvalue weighted by Gasteiger charge is 2.39. The molecule has 180 valence electrons. The van der Waals surface area contributed by atoms with Gasteiger partial charge in [0.2, 0.25) is 0 Å². The number of nitrogens with zero attached hydrogens (tertiary/aromatic N) is 3. The van der Waals surface area contributed by atoms with Crippen LogP contribution in [-0.2, 0) is 25.2 Å². The molecule has 1 amide bonds. The number of carbonyl (C=O) groups is 1. The fourth-order valence-electron chi connectivity index (χ4n) is 4.60. The van der Waals surface area contributed by atoms with Gasteiger partial charge in [-0.15, -0.1) is 0 Å². The first-order valence-electron chi connectivity index (χ1n) is 12.2.